The molecule has 0 atom stereocenters. The largest absolute Gasteiger partial charge is 0.282 e. The van der Waals surface area contributed by atoms with Crippen LogP contribution in [-0.2, 0) is 10.0 Å². The summed E-state index contributed by atoms with van der Waals surface area (Å²) in [6.45, 7) is 8.47. The average molecular weight is 396 g/mol. The van der Waals surface area contributed by atoms with Crippen molar-refractivity contribution in [3.8, 4) is 0 Å². The van der Waals surface area contributed by atoms with Crippen molar-refractivity contribution in [3.05, 3.63) is 71.3 Å². The van der Waals surface area contributed by atoms with E-state index in [0.29, 0.717) is 6.42 Å². The molecular weight excluding hydrogens is 366 g/mol. The van der Waals surface area contributed by atoms with Gasteiger partial charge < -0.3 is 0 Å². The van der Waals surface area contributed by atoms with Gasteiger partial charge in [-0.15, -0.1) is 0 Å². The van der Waals surface area contributed by atoms with Crippen LogP contribution < -0.4 is 0 Å². The van der Waals surface area contributed by atoms with E-state index >= 15 is 0 Å². The lowest BCUT2D eigenvalue weighted by Gasteiger charge is -2.22. The Morgan fingerprint density at radius 2 is 1.64 bits per heavy atom. The van der Waals surface area contributed by atoms with Crippen LogP contribution in [0.25, 0.3) is 5.57 Å². The third-order valence-electron chi connectivity index (χ3n) is 5.33. The molecule has 0 aliphatic heterocycles. The van der Waals surface area contributed by atoms with Gasteiger partial charge >= 0.3 is 0 Å². The normalized spacial score (nSPS) is 18.1. The molecule has 3 rings (SSSR count). The van der Waals surface area contributed by atoms with Crippen LogP contribution in [0.15, 0.2) is 69.5 Å². The van der Waals surface area contributed by atoms with Gasteiger partial charge in [0.2, 0.25) is 0 Å². The third kappa shape index (κ3) is 4.27. The van der Waals surface area contributed by atoms with E-state index in [4.69, 9.17) is 0 Å². The van der Waals surface area contributed by atoms with E-state index in [-0.39, 0.29) is 10.3 Å². The third-order valence-corrected chi connectivity index (χ3v) is 6.66. The predicted octanol–water partition coefficient (Wildman–Crippen LogP) is 6.20. The summed E-state index contributed by atoms with van der Waals surface area (Å²) in [5.41, 5.74) is 5.11. The van der Waals surface area contributed by atoms with E-state index in [9.17, 15) is 8.42 Å². The van der Waals surface area contributed by atoms with Crippen molar-refractivity contribution in [2.75, 3.05) is 0 Å². The number of sulfonamides is 1. The molecule has 148 valence electrons. The molecule has 0 amide bonds. The monoisotopic (exact) mass is 395 g/mol. The summed E-state index contributed by atoms with van der Waals surface area (Å²) in [5, 5.41) is 0. The molecule has 3 nitrogen and oxygen atoms in total. The Morgan fingerprint density at radius 1 is 1.00 bits per heavy atom. The molecule has 0 N–H and O–H groups in total. The van der Waals surface area contributed by atoms with Gasteiger partial charge in [0.05, 0.1) is 10.6 Å². The highest BCUT2D eigenvalue weighted by Gasteiger charge is 2.38. The van der Waals surface area contributed by atoms with E-state index in [0.717, 1.165) is 41.7 Å². The maximum atomic E-state index is 13.0. The van der Waals surface area contributed by atoms with E-state index in [1.165, 1.54) is 5.57 Å². The number of hydrogen-bond acceptors (Lipinski definition) is 2. The minimum Gasteiger partial charge on any atom is -0.199 e. The maximum absolute atomic E-state index is 13.0. The fraction of sp³-hybridized carbons (Fsp3) is 0.375. The Labute approximate surface area is 169 Å². The van der Waals surface area contributed by atoms with E-state index in [2.05, 4.69) is 37.3 Å². The molecule has 0 unspecified atom stereocenters. The molecule has 0 aromatic heterocycles. The summed E-state index contributed by atoms with van der Waals surface area (Å²) in [6, 6.07) is 17.2. The number of allylic oxidation sites excluding steroid dienone is 2. The zero-order chi connectivity index (χ0) is 20.4. The van der Waals surface area contributed by atoms with E-state index in [1.54, 1.807) is 12.1 Å². The van der Waals surface area contributed by atoms with Gasteiger partial charge in [0.25, 0.3) is 10.0 Å². The van der Waals surface area contributed by atoms with Crippen molar-refractivity contribution in [1.29, 1.82) is 0 Å². The smallest absolute Gasteiger partial charge is 0.199 e. The van der Waals surface area contributed by atoms with Crippen molar-refractivity contribution >= 4 is 21.3 Å². The second-order valence-electron chi connectivity index (χ2n) is 8.21. The molecule has 0 heterocycles. The second kappa shape index (κ2) is 8.04. The molecular formula is C24H29NO2S. The molecule has 0 saturated carbocycles. The van der Waals surface area contributed by atoms with Crippen molar-refractivity contribution in [2.45, 2.75) is 58.3 Å². The average Bonchev–Trinajstić information content (AvgIpc) is 2.89. The first-order valence-electron chi connectivity index (χ1n) is 9.94. The predicted molar refractivity (Wildman–Crippen MR) is 117 cm³/mol. The van der Waals surface area contributed by atoms with Gasteiger partial charge in [-0.2, -0.15) is 12.8 Å². The Bertz CT molecular complexity index is 998. The standard InChI is InChI=1S/C24H29NO2S/c1-5-6-12-21-22(25-28(26,27)20-15-13-18(2)14-16-20)17-24(3,4)23(21)19-10-8-7-9-11-19/h7-11,13-16H,5-6,12,17H2,1-4H3/b25-22-. The van der Waals surface area contributed by atoms with Crippen LogP contribution in [0.3, 0.4) is 0 Å². The number of benzene rings is 2. The Kier molecular flexibility index (Phi) is 5.90. The SMILES string of the molecule is CCCCC1=C(c2ccccc2)C(C)(C)C/C1=N/S(=O)(=O)c1ccc(C)cc1. The second-order valence-corrected chi connectivity index (χ2v) is 9.81. The number of rotatable bonds is 6. The first-order valence-corrected chi connectivity index (χ1v) is 11.4. The first kappa shape index (κ1) is 20.5. The lowest BCUT2D eigenvalue weighted by atomic mass is 9.81. The van der Waals surface area contributed by atoms with Crippen molar-refractivity contribution in [3.63, 3.8) is 0 Å². The fourth-order valence-electron chi connectivity index (χ4n) is 3.95. The molecule has 2 aromatic carbocycles. The molecule has 2 aromatic rings. The Balaban J connectivity index is 2.13. The molecule has 4 heteroatoms. The van der Waals surface area contributed by atoms with Crippen LogP contribution in [-0.4, -0.2) is 14.1 Å². The summed E-state index contributed by atoms with van der Waals surface area (Å²) in [5.74, 6) is 0. The van der Waals surface area contributed by atoms with Gasteiger partial charge in [-0.25, -0.2) is 0 Å². The number of aryl methyl sites for hydroxylation is 1. The highest BCUT2D eigenvalue weighted by molar-refractivity contribution is 7.90. The molecule has 0 fully saturated rings. The first-order chi connectivity index (χ1) is 13.2. The van der Waals surface area contributed by atoms with Crippen LogP contribution in [0.2, 0.25) is 0 Å². The summed E-state index contributed by atoms with van der Waals surface area (Å²) >= 11 is 0. The summed E-state index contributed by atoms with van der Waals surface area (Å²) in [4.78, 5) is 0.256. The number of unbranched alkanes of at least 4 members (excludes halogenated alkanes) is 1. The minimum atomic E-state index is -3.72. The zero-order valence-electron chi connectivity index (χ0n) is 17.2. The molecule has 0 spiro atoms. The Hall–Kier alpha value is -2.20. The lowest BCUT2D eigenvalue weighted by Crippen LogP contribution is -2.11. The summed E-state index contributed by atoms with van der Waals surface area (Å²) < 4.78 is 30.3. The quantitative estimate of drug-likeness (QED) is 0.585. The molecule has 0 saturated heterocycles. The molecule has 0 radical (unpaired) electrons. The van der Waals surface area contributed by atoms with Crippen LogP contribution in [0, 0.1) is 12.3 Å². The summed E-state index contributed by atoms with van der Waals surface area (Å²) in [7, 11) is -3.72. The molecule has 1 aliphatic rings. The zero-order valence-corrected chi connectivity index (χ0v) is 18.0. The van der Waals surface area contributed by atoms with Crippen molar-refractivity contribution in [1.82, 2.24) is 0 Å². The topological polar surface area (TPSA) is 46.5 Å². The molecule has 28 heavy (non-hydrogen) atoms. The maximum Gasteiger partial charge on any atom is 0.282 e. The minimum absolute atomic E-state index is 0.147. The van der Waals surface area contributed by atoms with Gasteiger partial charge in [0.15, 0.2) is 0 Å². The van der Waals surface area contributed by atoms with Crippen LogP contribution in [0.4, 0.5) is 0 Å². The van der Waals surface area contributed by atoms with Gasteiger partial charge in [-0.1, -0.05) is 75.2 Å². The summed E-state index contributed by atoms with van der Waals surface area (Å²) in [6.07, 6.45) is 3.57. The van der Waals surface area contributed by atoms with Crippen LogP contribution in [0.5, 0.6) is 0 Å². The Morgan fingerprint density at radius 3 is 2.25 bits per heavy atom. The highest BCUT2D eigenvalue weighted by Crippen LogP contribution is 2.48. The van der Waals surface area contributed by atoms with Crippen molar-refractivity contribution in [2.24, 2.45) is 9.81 Å². The van der Waals surface area contributed by atoms with Crippen molar-refractivity contribution < 1.29 is 8.42 Å². The van der Waals surface area contributed by atoms with Gasteiger partial charge in [0, 0.05) is 6.42 Å². The number of nitrogens with zero attached hydrogens (tertiary/aromatic N) is 1. The number of hydrogen-bond donors (Lipinski definition) is 0. The molecule has 0 bridgehead atoms. The van der Waals surface area contributed by atoms with Gasteiger partial charge in [-0.3, -0.25) is 0 Å². The van der Waals surface area contributed by atoms with Gasteiger partial charge in [0.1, 0.15) is 0 Å². The molecule has 1 aliphatic carbocycles. The highest BCUT2D eigenvalue weighted by atomic mass is 32.2. The van der Waals surface area contributed by atoms with Crippen LogP contribution in [0.1, 0.15) is 57.6 Å². The lowest BCUT2D eigenvalue weighted by molar-refractivity contribution is 0.537. The van der Waals surface area contributed by atoms with Crippen LogP contribution >= 0.6 is 0 Å². The van der Waals surface area contributed by atoms with E-state index in [1.807, 2.05) is 37.3 Å². The fourth-order valence-corrected chi connectivity index (χ4v) is 5.00. The van der Waals surface area contributed by atoms with E-state index < -0.39 is 10.0 Å². The van der Waals surface area contributed by atoms with Gasteiger partial charge in [-0.05, 0) is 54.0 Å².